The zero-order valence-electron chi connectivity index (χ0n) is 17.3. The lowest BCUT2D eigenvalue weighted by Crippen LogP contribution is -2.21. The minimum atomic E-state index is -0.641. The van der Waals surface area contributed by atoms with Crippen molar-refractivity contribution in [1.82, 2.24) is 0 Å². The summed E-state index contributed by atoms with van der Waals surface area (Å²) < 4.78 is 20.4. The Morgan fingerprint density at radius 2 is 0.969 bits per heavy atom. The maximum absolute atomic E-state index is 11.7. The average molecular weight is 438 g/mol. The van der Waals surface area contributed by atoms with Crippen molar-refractivity contribution in [3.8, 4) is 11.5 Å². The fourth-order valence-corrected chi connectivity index (χ4v) is 2.35. The highest BCUT2D eigenvalue weighted by molar-refractivity contribution is 6.04. The van der Waals surface area contributed by atoms with Crippen molar-refractivity contribution in [3.63, 3.8) is 0 Å². The summed E-state index contributed by atoms with van der Waals surface area (Å²) in [5.41, 5.74) is 0.918. The van der Waals surface area contributed by atoms with E-state index in [-0.39, 0.29) is 38.0 Å². The van der Waals surface area contributed by atoms with E-state index in [4.69, 9.17) is 18.9 Å². The third-order valence-electron chi connectivity index (χ3n) is 3.97. The number of ketones is 2. The lowest BCUT2D eigenvalue weighted by molar-refractivity contribution is -0.154. The molecular weight excluding hydrogens is 416 g/mol. The highest BCUT2D eigenvalue weighted by atomic mass is 16.6. The molecule has 0 N–H and O–H groups in total. The molecule has 166 valence electrons. The van der Waals surface area contributed by atoms with Crippen LogP contribution in [0.2, 0.25) is 0 Å². The predicted octanol–water partition coefficient (Wildman–Crippen LogP) is 2.97. The molecule has 8 heteroatoms. The van der Waals surface area contributed by atoms with Gasteiger partial charge in [-0.15, -0.1) is 0 Å². The van der Waals surface area contributed by atoms with Gasteiger partial charge >= 0.3 is 11.9 Å². The molecule has 2 rings (SSSR count). The Morgan fingerprint density at radius 3 is 1.28 bits per heavy atom. The van der Waals surface area contributed by atoms with E-state index in [1.54, 1.807) is 48.5 Å². The summed E-state index contributed by atoms with van der Waals surface area (Å²) in [5, 5.41) is 0. The topological polar surface area (TPSA) is 105 Å². The molecule has 0 spiro atoms. The summed E-state index contributed by atoms with van der Waals surface area (Å²) in [5.74, 6) is -0.917. The summed E-state index contributed by atoms with van der Waals surface area (Å²) in [4.78, 5) is 46.3. The number of allylic oxidation sites excluding steroid dienone is 2. The van der Waals surface area contributed by atoms with Crippen LogP contribution < -0.4 is 9.47 Å². The van der Waals surface area contributed by atoms with E-state index in [0.717, 1.165) is 0 Å². The van der Waals surface area contributed by atoms with Crippen LogP contribution in [0.1, 0.15) is 20.7 Å². The first kappa shape index (κ1) is 24.1. The second-order valence-corrected chi connectivity index (χ2v) is 6.20. The van der Waals surface area contributed by atoms with Crippen LogP contribution in [-0.2, 0) is 19.1 Å². The van der Waals surface area contributed by atoms with Crippen molar-refractivity contribution in [3.05, 3.63) is 85.0 Å². The molecule has 2 aromatic rings. The quantitative estimate of drug-likeness (QED) is 0.203. The molecule has 0 saturated heterocycles. The number of carbonyl (C=O) groups excluding carboxylic acids is 4. The van der Waals surface area contributed by atoms with Gasteiger partial charge in [0.1, 0.15) is 24.7 Å². The van der Waals surface area contributed by atoms with E-state index in [1.807, 2.05) is 0 Å². The van der Waals surface area contributed by atoms with E-state index in [1.165, 1.54) is 12.2 Å². The molecule has 0 fully saturated rings. The van der Waals surface area contributed by atoms with Crippen LogP contribution in [0.25, 0.3) is 0 Å². The Balaban J connectivity index is 1.60. The Hall–Kier alpha value is -4.20. The van der Waals surface area contributed by atoms with Crippen LogP contribution in [0, 0.1) is 0 Å². The third-order valence-corrected chi connectivity index (χ3v) is 3.97. The van der Waals surface area contributed by atoms with Crippen LogP contribution in [0.4, 0.5) is 0 Å². The van der Waals surface area contributed by atoms with Crippen molar-refractivity contribution in [2.24, 2.45) is 0 Å². The number of ether oxygens (including phenoxy) is 4. The zero-order chi connectivity index (χ0) is 23.3. The summed E-state index contributed by atoms with van der Waals surface area (Å²) in [6, 6.07) is 12.4. The Kier molecular flexibility index (Phi) is 9.39. The lowest BCUT2D eigenvalue weighted by atomic mass is 10.1. The van der Waals surface area contributed by atoms with Gasteiger partial charge in [0.15, 0.2) is 24.8 Å². The maximum atomic E-state index is 11.7. The van der Waals surface area contributed by atoms with Gasteiger partial charge in [0.2, 0.25) is 0 Å². The van der Waals surface area contributed by atoms with E-state index in [0.29, 0.717) is 22.6 Å². The molecule has 2 aromatic carbocycles. The minimum Gasteiger partial charge on any atom is -0.482 e. The van der Waals surface area contributed by atoms with Gasteiger partial charge in [-0.2, -0.15) is 0 Å². The SMILES string of the molecule is C=CC(=O)c1ccc(OCC(=O)OCCOC(=O)COc2ccc(C(=O)C=C)cc2)cc1. The van der Waals surface area contributed by atoms with Gasteiger partial charge in [-0.1, -0.05) is 13.2 Å². The summed E-state index contributed by atoms with van der Waals surface area (Å²) in [6.45, 7) is 5.86. The largest absolute Gasteiger partial charge is 0.482 e. The van der Waals surface area contributed by atoms with Crippen LogP contribution in [0.5, 0.6) is 11.5 Å². The molecule has 0 aliphatic heterocycles. The lowest BCUT2D eigenvalue weighted by Gasteiger charge is -2.09. The molecule has 0 bridgehead atoms. The Bertz CT molecular complexity index is 893. The molecular formula is C24H22O8. The molecule has 8 nitrogen and oxygen atoms in total. The maximum Gasteiger partial charge on any atom is 0.344 e. The molecule has 0 aliphatic rings. The Labute approximate surface area is 185 Å². The van der Waals surface area contributed by atoms with Crippen molar-refractivity contribution in [1.29, 1.82) is 0 Å². The average Bonchev–Trinajstić information content (AvgIpc) is 2.83. The van der Waals surface area contributed by atoms with Crippen molar-refractivity contribution >= 4 is 23.5 Å². The monoisotopic (exact) mass is 438 g/mol. The number of rotatable bonds is 13. The predicted molar refractivity (Wildman–Crippen MR) is 115 cm³/mol. The van der Waals surface area contributed by atoms with Crippen LogP contribution in [0.3, 0.4) is 0 Å². The smallest absolute Gasteiger partial charge is 0.344 e. The first-order chi connectivity index (χ1) is 15.4. The number of carbonyl (C=O) groups is 4. The van der Waals surface area contributed by atoms with Gasteiger partial charge < -0.3 is 18.9 Å². The van der Waals surface area contributed by atoms with Gasteiger partial charge in [-0.05, 0) is 60.7 Å². The first-order valence-corrected chi connectivity index (χ1v) is 9.53. The summed E-state index contributed by atoms with van der Waals surface area (Å²) in [7, 11) is 0. The van der Waals surface area contributed by atoms with E-state index >= 15 is 0 Å². The highest BCUT2D eigenvalue weighted by Gasteiger charge is 2.09. The first-order valence-electron chi connectivity index (χ1n) is 9.53. The van der Waals surface area contributed by atoms with E-state index in [9.17, 15) is 19.2 Å². The van der Waals surface area contributed by atoms with Gasteiger partial charge in [-0.3, -0.25) is 9.59 Å². The molecule has 0 atom stereocenters. The van der Waals surface area contributed by atoms with Gasteiger partial charge in [0.25, 0.3) is 0 Å². The second kappa shape index (κ2) is 12.5. The van der Waals surface area contributed by atoms with Crippen LogP contribution >= 0.6 is 0 Å². The zero-order valence-corrected chi connectivity index (χ0v) is 17.3. The van der Waals surface area contributed by atoms with E-state index in [2.05, 4.69) is 13.2 Å². The van der Waals surface area contributed by atoms with Crippen LogP contribution in [0.15, 0.2) is 73.8 Å². The highest BCUT2D eigenvalue weighted by Crippen LogP contribution is 2.14. The van der Waals surface area contributed by atoms with Gasteiger partial charge in [0, 0.05) is 11.1 Å². The number of hydrogen-bond acceptors (Lipinski definition) is 8. The molecule has 32 heavy (non-hydrogen) atoms. The summed E-state index contributed by atoms with van der Waals surface area (Å²) >= 11 is 0. The summed E-state index contributed by atoms with van der Waals surface area (Å²) in [6.07, 6.45) is 2.41. The standard InChI is InChI=1S/C24H22O8/c1-3-21(25)17-5-9-19(10-6-17)31-15-23(27)29-13-14-30-24(28)16-32-20-11-7-18(8-12-20)22(26)4-2/h3-12H,1-2,13-16H2. The molecule has 0 amide bonds. The fourth-order valence-electron chi connectivity index (χ4n) is 2.35. The third kappa shape index (κ3) is 7.91. The molecule has 0 radical (unpaired) electrons. The minimum absolute atomic E-state index is 0.140. The molecule has 0 aromatic heterocycles. The van der Waals surface area contributed by atoms with Crippen molar-refractivity contribution in [2.45, 2.75) is 0 Å². The fraction of sp³-hybridized carbons (Fsp3) is 0.167. The number of benzene rings is 2. The molecule has 0 saturated carbocycles. The van der Waals surface area contributed by atoms with Crippen molar-refractivity contribution in [2.75, 3.05) is 26.4 Å². The molecule has 0 unspecified atom stereocenters. The van der Waals surface area contributed by atoms with Gasteiger partial charge in [-0.25, -0.2) is 9.59 Å². The normalized spacial score (nSPS) is 9.88. The second-order valence-electron chi connectivity index (χ2n) is 6.20. The van der Waals surface area contributed by atoms with Gasteiger partial charge in [0.05, 0.1) is 0 Å². The van der Waals surface area contributed by atoms with Crippen LogP contribution in [-0.4, -0.2) is 49.9 Å². The number of hydrogen-bond donors (Lipinski definition) is 0. The van der Waals surface area contributed by atoms with E-state index < -0.39 is 11.9 Å². The molecule has 0 aliphatic carbocycles. The Morgan fingerprint density at radius 1 is 0.625 bits per heavy atom. The number of esters is 2. The van der Waals surface area contributed by atoms with Crippen molar-refractivity contribution < 1.29 is 38.1 Å². The molecule has 0 heterocycles.